The van der Waals surface area contributed by atoms with Crippen molar-refractivity contribution in [2.75, 3.05) is 19.0 Å². The Morgan fingerprint density at radius 3 is 3.06 bits per heavy atom. The quantitative estimate of drug-likeness (QED) is 0.750. The zero-order valence-electron chi connectivity index (χ0n) is 17.7. The van der Waals surface area contributed by atoms with Crippen LogP contribution in [0.1, 0.15) is 47.9 Å². The Balaban J connectivity index is 1.50. The number of urea groups is 1. The number of amides is 2. The van der Waals surface area contributed by atoms with Crippen molar-refractivity contribution < 1.29 is 18.5 Å². The normalized spacial score (nSPS) is 22.9. The first-order chi connectivity index (χ1) is 14.9. The molecular weight excluding hydrogens is 418 g/mol. The molecule has 0 fully saturated rings. The highest BCUT2D eigenvalue weighted by Crippen LogP contribution is 2.44. The summed E-state index contributed by atoms with van der Waals surface area (Å²) in [6, 6.07) is 1.56. The molecule has 3 N–H and O–H groups in total. The summed E-state index contributed by atoms with van der Waals surface area (Å²) in [7, 11) is -1.82. The van der Waals surface area contributed by atoms with Crippen LogP contribution in [-0.4, -0.2) is 39.8 Å². The third-order valence-electron chi connectivity index (χ3n) is 6.33. The summed E-state index contributed by atoms with van der Waals surface area (Å²) >= 11 is 0. The first-order valence-corrected chi connectivity index (χ1v) is 12.2. The molecule has 5 rings (SSSR count). The standard InChI is InChI=1S/C21H27N5O4S/c1-12-10-26-20(30-12)17(9-23-26)31(22,28)25-21(27)24-19-16-5-3-4-13(16)8-14-6-7-15(11-29-2)18(14)19/h8-9,12,15H,3-7,10-11H2,1-2H3,(H3,22,24,25,27,28)/t12?,15-,31?/m0/s1. The highest BCUT2D eigenvalue weighted by molar-refractivity contribution is 7.91. The molecule has 1 aromatic carbocycles. The largest absolute Gasteiger partial charge is 0.472 e. The number of carbonyl (C=O) groups excluding carboxylic acids is 1. The van der Waals surface area contributed by atoms with E-state index in [9.17, 15) is 9.00 Å². The number of nitrogens with two attached hydrogens (primary N) is 1. The fraction of sp³-hybridized carbons (Fsp3) is 0.524. The van der Waals surface area contributed by atoms with Gasteiger partial charge in [0.1, 0.15) is 11.0 Å². The summed E-state index contributed by atoms with van der Waals surface area (Å²) < 4.78 is 29.7. The average Bonchev–Trinajstić information content (AvgIpc) is 3.45. The van der Waals surface area contributed by atoms with Gasteiger partial charge in [0.05, 0.1) is 19.3 Å². The summed E-state index contributed by atoms with van der Waals surface area (Å²) in [4.78, 5) is 13.1. The molecule has 2 amide bonds. The van der Waals surface area contributed by atoms with E-state index in [4.69, 9.17) is 14.6 Å². The second-order valence-corrected chi connectivity index (χ2v) is 10.3. The third kappa shape index (κ3) is 3.52. The summed E-state index contributed by atoms with van der Waals surface area (Å²) in [6.45, 7) is 3.02. The van der Waals surface area contributed by atoms with Crippen LogP contribution in [0.15, 0.2) is 21.5 Å². The molecule has 1 aliphatic heterocycles. The van der Waals surface area contributed by atoms with E-state index in [2.05, 4.69) is 20.8 Å². The van der Waals surface area contributed by atoms with Gasteiger partial charge in [0, 0.05) is 18.7 Å². The van der Waals surface area contributed by atoms with Crippen molar-refractivity contribution >= 4 is 21.6 Å². The van der Waals surface area contributed by atoms with Crippen LogP contribution in [0.3, 0.4) is 0 Å². The van der Waals surface area contributed by atoms with Crippen LogP contribution in [0.25, 0.3) is 0 Å². The molecule has 0 spiro atoms. The van der Waals surface area contributed by atoms with Gasteiger partial charge in [0.15, 0.2) is 9.92 Å². The van der Waals surface area contributed by atoms with E-state index in [-0.39, 0.29) is 16.9 Å². The number of benzene rings is 1. The van der Waals surface area contributed by atoms with E-state index >= 15 is 0 Å². The van der Waals surface area contributed by atoms with Crippen LogP contribution in [-0.2, 0) is 40.5 Å². The molecule has 2 aliphatic carbocycles. The number of nitrogens with zero attached hydrogens (tertiary/aromatic N) is 3. The minimum Gasteiger partial charge on any atom is -0.472 e. The summed E-state index contributed by atoms with van der Waals surface area (Å²) in [5, 5.41) is 13.1. The van der Waals surface area contributed by atoms with E-state index in [1.165, 1.54) is 17.3 Å². The van der Waals surface area contributed by atoms with Gasteiger partial charge in [0.25, 0.3) is 0 Å². The molecule has 3 atom stereocenters. The number of aryl methyl sites for hydroxylation is 2. The Morgan fingerprint density at radius 1 is 1.42 bits per heavy atom. The number of nitrogens with one attached hydrogen (secondary N) is 1. The van der Waals surface area contributed by atoms with E-state index in [0.717, 1.165) is 48.9 Å². The topological polar surface area (TPSA) is 121 Å². The Kier molecular flexibility index (Phi) is 5.03. The SMILES string of the molecule is COC[C@@H]1CCc2cc3c(c(NC(=O)N=S(N)(=O)c4cnn5c4OC(C)C5)c21)CCC3. The molecule has 0 bridgehead atoms. The number of rotatable bonds is 4. The van der Waals surface area contributed by atoms with Crippen LogP contribution in [0.2, 0.25) is 0 Å². The molecule has 0 saturated carbocycles. The minimum atomic E-state index is -3.51. The lowest BCUT2D eigenvalue weighted by Crippen LogP contribution is -2.20. The summed E-state index contributed by atoms with van der Waals surface area (Å²) in [5.41, 5.74) is 5.61. The molecule has 31 heavy (non-hydrogen) atoms. The minimum absolute atomic E-state index is 0.0984. The number of ether oxygens (including phenoxy) is 2. The number of carbonyl (C=O) groups is 1. The first-order valence-electron chi connectivity index (χ1n) is 10.6. The molecule has 3 aliphatic rings. The van der Waals surface area contributed by atoms with Gasteiger partial charge in [-0.25, -0.2) is 18.8 Å². The Bertz CT molecular complexity index is 1180. The lowest BCUT2D eigenvalue weighted by atomic mass is 9.94. The van der Waals surface area contributed by atoms with E-state index in [0.29, 0.717) is 19.0 Å². The van der Waals surface area contributed by atoms with Crippen LogP contribution < -0.4 is 15.2 Å². The van der Waals surface area contributed by atoms with Gasteiger partial charge in [-0.1, -0.05) is 6.07 Å². The zero-order chi connectivity index (χ0) is 21.8. The predicted molar refractivity (Wildman–Crippen MR) is 116 cm³/mol. The van der Waals surface area contributed by atoms with Crippen LogP contribution in [0, 0.1) is 0 Å². The van der Waals surface area contributed by atoms with Gasteiger partial charge < -0.3 is 14.8 Å². The van der Waals surface area contributed by atoms with Gasteiger partial charge in [-0.15, -0.1) is 4.36 Å². The maximum absolute atomic E-state index is 13.1. The van der Waals surface area contributed by atoms with Crippen LogP contribution in [0.4, 0.5) is 10.5 Å². The molecule has 2 unspecified atom stereocenters. The number of aromatic nitrogens is 2. The van der Waals surface area contributed by atoms with Crippen molar-refractivity contribution in [2.24, 2.45) is 9.50 Å². The molecule has 0 saturated heterocycles. The van der Waals surface area contributed by atoms with Gasteiger partial charge >= 0.3 is 6.03 Å². The monoisotopic (exact) mass is 445 g/mol. The molecule has 9 nitrogen and oxygen atoms in total. The van der Waals surface area contributed by atoms with Crippen LogP contribution >= 0.6 is 0 Å². The highest BCUT2D eigenvalue weighted by Gasteiger charge is 2.32. The zero-order valence-corrected chi connectivity index (χ0v) is 18.5. The summed E-state index contributed by atoms with van der Waals surface area (Å²) in [5.74, 6) is 0.537. The predicted octanol–water partition coefficient (Wildman–Crippen LogP) is 2.76. The third-order valence-corrected chi connectivity index (χ3v) is 7.68. The number of anilines is 1. The second kappa shape index (κ2) is 7.61. The first kappa shape index (κ1) is 20.5. The Hall–Kier alpha value is -2.43. The molecule has 10 heteroatoms. The molecular formula is C21H27N5O4S. The lowest BCUT2D eigenvalue weighted by molar-refractivity contribution is 0.179. The Labute approximate surface area is 181 Å². The smallest absolute Gasteiger partial charge is 0.354 e. The van der Waals surface area contributed by atoms with Crippen molar-refractivity contribution in [1.29, 1.82) is 0 Å². The van der Waals surface area contributed by atoms with Gasteiger partial charge in [-0.2, -0.15) is 5.10 Å². The summed E-state index contributed by atoms with van der Waals surface area (Å²) in [6.07, 6.45) is 6.17. The fourth-order valence-electron chi connectivity index (χ4n) is 5.06. The average molecular weight is 446 g/mol. The highest BCUT2D eigenvalue weighted by atomic mass is 32.2. The maximum Gasteiger partial charge on any atom is 0.354 e. The molecule has 2 aromatic rings. The Morgan fingerprint density at radius 2 is 2.26 bits per heavy atom. The number of hydrogen-bond acceptors (Lipinski definition) is 5. The van der Waals surface area contributed by atoms with Crippen molar-refractivity contribution in [1.82, 2.24) is 9.78 Å². The van der Waals surface area contributed by atoms with E-state index < -0.39 is 15.9 Å². The molecule has 0 radical (unpaired) electrons. The van der Waals surface area contributed by atoms with E-state index in [1.807, 2.05) is 6.92 Å². The number of methoxy groups -OCH3 is 1. The van der Waals surface area contributed by atoms with Crippen molar-refractivity contribution in [3.05, 3.63) is 34.5 Å². The fourth-order valence-corrected chi connectivity index (χ4v) is 6.05. The molecule has 166 valence electrons. The van der Waals surface area contributed by atoms with Crippen LogP contribution in [0.5, 0.6) is 5.88 Å². The lowest BCUT2D eigenvalue weighted by Gasteiger charge is -2.19. The van der Waals surface area contributed by atoms with Gasteiger partial charge in [-0.3, -0.25) is 0 Å². The number of hydrogen-bond donors (Lipinski definition) is 2. The van der Waals surface area contributed by atoms with Crippen molar-refractivity contribution in [3.8, 4) is 5.88 Å². The van der Waals surface area contributed by atoms with Crippen molar-refractivity contribution in [3.63, 3.8) is 0 Å². The molecule has 1 aromatic heterocycles. The van der Waals surface area contributed by atoms with E-state index in [1.54, 1.807) is 11.8 Å². The molecule has 2 heterocycles. The van der Waals surface area contributed by atoms with Crippen molar-refractivity contribution in [2.45, 2.75) is 62.5 Å². The number of fused-ring (bicyclic) bond motifs is 3. The second-order valence-electron chi connectivity index (χ2n) is 8.52. The van der Waals surface area contributed by atoms with Gasteiger partial charge in [0.2, 0.25) is 5.88 Å². The maximum atomic E-state index is 13.1. The van der Waals surface area contributed by atoms with Gasteiger partial charge in [-0.05, 0) is 61.3 Å².